The first-order chi connectivity index (χ1) is 7.63. The summed E-state index contributed by atoms with van der Waals surface area (Å²) in [5.41, 5.74) is 7.58. The number of rotatable bonds is 3. The van der Waals surface area contributed by atoms with Crippen molar-refractivity contribution in [2.45, 2.75) is 12.5 Å². The Morgan fingerprint density at radius 1 is 1.56 bits per heavy atom. The third-order valence-corrected chi connectivity index (χ3v) is 2.75. The molecule has 0 radical (unpaired) electrons. The largest absolute Gasteiger partial charge is 0.388 e. The maximum atomic E-state index is 11.4. The van der Waals surface area contributed by atoms with Crippen LogP contribution in [0.15, 0.2) is 23.0 Å². The van der Waals surface area contributed by atoms with Gasteiger partial charge in [-0.1, -0.05) is 6.07 Å². The van der Waals surface area contributed by atoms with Gasteiger partial charge in [0.2, 0.25) is 0 Å². The molecule has 0 saturated heterocycles. The number of hydrogen-bond acceptors (Lipinski definition) is 3. The second-order valence-corrected chi connectivity index (χ2v) is 3.86. The van der Waals surface area contributed by atoms with Crippen molar-refractivity contribution in [1.29, 1.82) is 0 Å². The van der Waals surface area contributed by atoms with Crippen molar-refractivity contribution in [3.63, 3.8) is 0 Å². The molecule has 0 saturated carbocycles. The van der Waals surface area contributed by atoms with Crippen molar-refractivity contribution in [2.24, 2.45) is 12.8 Å². The Balaban J connectivity index is 2.48. The minimum absolute atomic E-state index is 0.152. The molecule has 5 nitrogen and oxygen atoms in total. The van der Waals surface area contributed by atoms with Gasteiger partial charge in [-0.2, -0.15) is 0 Å². The molecule has 16 heavy (non-hydrogen) atoms. The molecule has 2 rings (SSSR count). The molecule has 0 aliphatic carbocycles. The Kier molecular flexibility index (Phi) is 2.80. The van der Waals surface area contributed by atoms with E-state index in [-0.39, 0.29) is 5.69 Å². The van der Waals surface area contributed by atoms with Crippen LogP contribution in [0.1, 0.15) is 18.1 Å². The van der Waals surface area contributed by atoms with E-state index in [1.165, 1.54) is 4.57 Å². The number of imidazole rings is 1. The van der Waals surface area contributed by atoms with Crippen LogP contribution in [-0.2, 0) is 7.05 Å². The van der Waals surface area contributed by atoms with Crippen molar-refractivity contribution < 1.29 is 5.11 Å². The molecule has 5 heteroatoms. The monoisotopic (exact) mass is 221 g/mol. The Hall–Kier alpha value is -1.59. The molecule has 1 unspecified atom stereocenters. The number of aromatic nitrogens is 2. The fraction of sp³-hybridized carbons (Fsp3) is 0.364. The Morgan fingerprint density at radius 2 is 2.31 bits per heavy atom. The number of nitrogens with one attached hydrogen (secondary N) is 1. The molecule has 1 aromatic carbocycles. The Morgan fingerprint density at radius 3 is 3.00 bits per heavy atom. The molecule has 1 heterocycles. The highest BCUT2D eigenvalue weighted by Gasteiger charge is 2.09. The lowest BCUT2D eigenvalue weighted by atomic mass is 10.1. The summed E-state index contributed by atoms with van der Waals surface area (Å²) in [4.78, 5) is 14.1. The van der Waals surface area contributed by atoms with Gasteiger partial charge in [0.1, 0.15) is 0 Å². The molecule has 0 bridgehead atoms. The van der Waals surface area contributed by atoms with E-state index < -0.39 is 6.10 Å². The highest BCUT2D eigenvalue weighted by Crippen LogP contribution is 2.19. The lowest BCUT2D eigenvalue weighted by molar-refractivity contribution is 0.170. The van der Waals surface area contributed by atoms with E-state index in [4.69, 9.17) is 5.73 Å². The Bertz CT molecular complexity index is 556. The van der Waals surface area contributed by atoms with Crippen molar-refractivity contribution >= 4 is 11.0 Å². The lowest BCUT2D eigenvalue weighted by Crippen LogP contribution is -2.11. The van der Waals surface area contributed by atoms with Crippen LogP contribution in [-0.4, -0.2) is 21.2 Å². The van der Waals surface area contributed by atoms with Crippen LogP contribution in [0, 0.1) is 0 Å². The van der Waals surface area contributed by atoms with Crippen LogP contribution in [0.4, 0.5) is 0 Å². The van der Waals surface area contributed by atoms with Gasteiger partial charge in [-0.25, -0.2) is 4.79 Å². The van der Waals surface area contributed by atoms with Gasteiger partial charge in [-0.3, -0.25) is 4.57 Å². The highest BCUT2D eigenvalue weighted by atomic mass is 16.3. The first-order valence-electron chi connectivity index (χ1n) is 5.20. The molecule has 2 aromatic rings. The lowest BCUT2D eigenvalue weighted by Gasteiger charge is -2.09. The van der Waals surface area contributed by atoms with Gasteiger partial charge in [0.05, 0.1) is 17.1 Å². The average Bonchev–Trinajstić information content (AvgIpc) is 2.55. The fourth-order valence-electron chi connectivity index (χ4n) is 1.79. The van der Waals surface area contributed by atoms with Crippen molar-refractivity contribution in [1.82, 2.24) is 9.55 Å². The van der Waals surface area contributed by atoms with Gasteiger partial charge in [0.25, 0.3) is 0 Å². The number of aromatic amines is 1. The second kappa shape index (κ2) is 4.11. The van der Waals surface area contributed by atoms with Gasteiger partial charge in [0.15, 0.2) is 0 Å². The van der Waals surface area contributed by atoms with E-state index in [1.54, 1.807) is 13.1 Å². The molecule has 0 aliphatic rings. The summed E-state index contributed by atoms with van der Waals surface area (Å²) in [6.45, 7) is 0.435. The third kappa shape index (κ3) is 1.75. The van der Waals surface area contributed by atoms with Crippen LogP contribution in [0.2, 0.25) is 0 Å². The third-order valence-electron chi connectivity index (χ3n) is 2.75. The number of H-pyrrole nitrogens is 1. The first kappa shape index (κ1) is 10.9. The topological polar surface area (TPSA) is 84.0 Å². The molecule has 4 N–H and O–H groups in total. The standard InChI is InChI=1S/C11H15N3O2/c1-14-9-3-2-7(10(15)4-5-12)6-8(9)13-11(14)16/h2-3,6,10,15H,4-5,12H2,1H3,(H,13,16). The Labute approximate surface area is 92.5 Å². The van der Waals surface area contributed by atoms with Crippen LogP contribution in [0.25, 0.3) is 11.0 Å². The molecule has 0 spiro atoms. The van der Waals surface area contributed by atoms with Crippen molar-refractivity contribution in [3.05, 3.63) is 34.2 Å². The number of fused-ring (bicyclic) bond motifs is 1. The minimum atomic E-state index is -0.571. The van der Waals surface area contributed by atoms with Crippen molar-refractivity contribution in [2.75, 3.05) is 6.54 Å². The van der Waals surface area contributed by atoms with Gasteiger partial charge in [-0.05, 0) is 30.7 Å². The molecule has 1 atom stereocenters. The number of hydrogen-bond donors (Lipinski definition) is 3. The summed E-state index contributed by atoms with van der Waals surface area (Å²) >= 11 is 0. The van der Waals surface area contributed by atoms with Gasteiger partial charge in [-0.15, -0.1) is 0 Å². The molecule has 0 amide bonds. The highest BCUT2D eigenvalue weighted by molar-refractivity contribution is 5.76. The van der Waals surface area contributed by atoms with Crippen LogP contribution < -0.4 is 11.4 Å². The predicted octanol–water partition coefficient (Wildman–Crippen LogP) is 0.249. The molecule has 0 aliphatic heterocycles. The predicted molar refractivity (Wildman–Crippen MR) is 62.2 cm³/mol. The van der Waals surface area contributed by atoms with Crippen LogP contribution >= 0.6 is 0 Å². The van der Waals surface area contributed by atoms with Gasteiger partial charge in [0, 0.05) is 7.05 Å². The van der Waals surface area contributed by atoms with E-state index in [0.717, 1.165) is 16.6 Å². The number of benzene rings is 1. The maximum Gasteiger partial charge on any atom is 0.326 e. The number of aliphatic hydroxyl groups excluding tert-OH is 1. The second-order valence-electron chi connectivity index (χ2n) is 3.86. The van der Waals surface area contributed by atoms with E-state index >= 15 is 0 Å². The summed E-state index contributed by atoms with van der Waals surface area (Å²) < 4.78 is 1.54. The minimum Gasteiger partial charge on any atom is -0.388 e. The number of nitrogens with zero attached hydrogens (tertiary/aromatic N) is 1. The normalized spacial score (nSPS) is 13.2. The first-order valence-corrected chi connectivity index (χ1v) is 5.20. The molecule has 86 valence electrons. The zero-order valence-corrected chi connectivity index (χ0v) is 9.10. The molecule has 0 fully saturated rings. The van der Waals surface area contributed by atoms with Gasteiger partial charge >= 0.3 is 5.69 Å². The number of aryl methyl sites for hydroxylation is 1. The molecule has 1 aromatic heterocycles. The summed E-state index contributed by atoms with van der Waals surface area (Å²) in [6.07, 6.45) is -0.0548. The summed E-state index contributed by atoms with van der Waals surface area (Å²) in [6, 6.07) is 5.43. The summed E-state index contributed by atoms with van der Waals surface area (Å²) in [7, 11) is 1.71. The number of nitrogens with two attached hydrogens (primary N) is 1. The summed E-state index contributed by atoms with van der Waals surface area (Å²) in [5.74, 6) is 0. The summed E-state index contributed by atoms with van der Waals surface area (Å²) in [5, 5.41) is 9.78. The van der Waals surface area contributed by atoms with E-state index in [9.17, 15) is 9.90 Å². The SMILES string of the molecule is Cn1c(=O)[nH]c2cc(C(O)CCN)ccc21. The molecular formula is C11H15N3O2. The van der Waals surface area contributed by atoms with Gasteiger partial charge < -0.3 is 15.8 Å². The van der Waals surface area contributed by atoms with E-state index in [2.05, 4.69) is 4.98 Å². The number of aliphatic hydroxyl groups is 1. The van der Waals surface area contributed by atoms with E-state index in [1.807, 2.05) is 12.1 Å². The van der Waals surface area contributed by atoms with Crippen LogP contribution in [0.5, 0.6) is 0 Å². The quantitative estimate of drug-likeness (QED) is 0.694. The fourth-order valence-corrected chi connectivity index (χ4v) is 1.79. The molecular weight excluding hydrogens is 206 g/mol. The van der Waals surface area contributed by atoms with Crippen LogP contribution in [0.3, 0.4) is 0 Å². The average molecular weight is 221 g/mol. The maximum absolute atomic E-state index is 11.4. The van der Waals surface area contributed by atoms with E-state index in [0.29, 0.717) is 13.0 Å². The van der Waals surface area contributed by atoms with Crippen molar-refractivity contribution in [3.8, 4) is 0 Å². The zero-order valence-electron chi connectivity index (χ0n) is 9.10. The zero-order chi connectivity index (χ0) is 11.7. The smallest absolute Gasteiger partial charge is 0.326 e.